The van der Waals surface area contributed by atoms with Gasteiger partial charge in [0, 0.05) is 18.7 Å². The fourth-order valence-corrected chi connectivity index (χ4v) is 1.50. The van der Waals surface area contributed by atoms with E-state index in [1.807, 2.05) is 6.92 Å². The van der Waals surface area contributed by atoms with Gasteiger partial charge < -0.3 is 10.6 Å². The maximum atomic E-state index is 10.6. The monoisotopic (exact) mass is 273 g/mol. The van der Waals surface area contributed by atoms with Gasteiger partial charge in [0.25, 0.3) is 5.69 Å². The molecule has 1 rings (SSSR count). The van der Waals surface area contributed by atoms with Gasteiger partial charge in [-0.1, -0.05) is 18.5 Å². The van der Waals surface area contributed by atoms with Crippen LogP contribution in [0.15, 0.2) is 18.2 Å². The fraction of sp³-hybridized carbons (Fsp3) is 0.300. The van der Waals surface area contributed by atoms with Crippen molar-refractivity contribution in [2.24, 2.45) is 0 Å². The van der Waals surface area contributed by atoms with Gasteiger partial charge in [0.05, 0.1) is 15.6 Å². The number of anilines is 1. The van der Waals surface area contributed by atoms with Gasteiger partial charge in [0.15, 0.2) is 5.11 Å². The molecule has 17 heavy (non-hydrogen) atoms. The van der Waals surface area contributed by atoms with Crippen molar-refractivity contribution in [1.29, 1.82) is 0 Å². The molecule has 0 bridgehead atoms. The van der Waals surface area contributed by atoms with Crippen LogP contribution in [0.1, 0.15) is 13.3 Å². The summed E-state index contributed by atoms with van der Waals surface area (Å²) in [5.41, 5.74) is 0.393. The highest BCUT2D eigenvalue weighted by Crippen LogP contribution is 2.26. The average Bonchev–Trinajstić information content (AvgIpc) is 2.29. The van der Waals surface area contributed by atoms with Gasteiger partial charge in [-0.3, -0.25) is 10.1 Å². The molecule has 0 atom stereocenters. The maximum absolute atomic E-state index is 10.6. The van der Waals surface area contributed by atoms with Crippen LogP contribution in [0.25, 0.3) is 0 Å². The standard InChI is InChI=1S/C10H12ClN3O2S/c1-2-5-12-10(17)13-9-6-7(14(15)16)3-4-8(9)11/h3-4,6H,2,5H2,1H3,(H2,12,13,17). The molecule has 1 aromatic carbocycles. The Morgan fingerprint density at radius 3 is 2.88 bits per heavy atom. The first-order valence-electron chi connectivity index (χ1n) is 5.03. The normalized spacial score (nSPS) is 9.76. The first-order chi connectivity index (χ1) is 8.04. The molecule has 0 amide bonds. The highest BCUT2D eigenvalue weighted by atomic mass is 35.5. The Labute approximate surface area is 109 Å². The van der Waals surface area contributed by atoms with E-state index in [9.17, 15) is 10.1 Å². The Morgan fingerprint density at radius 2 is 2.29 bits per heavy atom. The SMILES string of the molecule is CCCNC(=S)Nc1cc([N+](=O)[O-])ccc1Cl. The molecule has 7 heteroatoms. The van der Waals surface area contributed by atoms with E-state index in [1.165, 1.54) is 18.2 Å². The average molecular weight is 274 g/mol. The van der Waals surface area contributed by atoms with E-state index >= 15 is 0 Å². The van der Waals surface area contributed by atoms with Crippen LogP contribution in [0.2, 0.25) is 5.02 Å². The number of rotatable bonds is 4. The largest absolute Gasteiger partial charge is 0.362 e. The molecule has 0 aromatic heterocycles. The highest BCUT2D eigenvalue weighted by Gasteiger charge is 2.10. The third kappa shape index (κ3) is 4.16. The topological polar surface area (TPSA) is 67.2 Å². The van der Waals surface area contributed by atoms with Crippen molar-refractivity contribution in [1.82, 2.24) is 5.32 Å². The van der Waals surface area contributed by atoms with Crippen LogP contribution >= 0.6 is 23.8 Å². The lowest BCUT2D eigenvalue weighted by atomic mass is 10.3. The highest BCUT2D eigenvalue weighted by molar-refractivity contribution is 7.80. The summed E-state index contributed by atoms with van der Waals surface area (Å²) in [4.78, 5) is 10.1. The maximum Gasteiger partial charge on any atom is 0.271 e. The smallest absolute Gasteiger partial charge is 0.271 e. The van der Waals surface area contributed by atoms with Crippen LogP contribution in [0.3, 0.4) is 0 Å². The van der Waals surface area contributed by atoms with Gasteiger partial charge >= 0.3 is 0 Å². The minimum absolute atomic E-state index is 0.0322. The minimum Gasteiger partial charge on any atom is -0.362 e. The van der Waals surface area contributed by atoms with Crippen LogP contribution in [0.4, 0.5) is 11.4 Å². The van der Waals surface area contributed by atoms with Crippen molar-refractivity contribution < 1.29 is 4.92 Å². The van der Waals surface area contributed by atoms with Gasteiger partial charge in [-0.25, -0.2) is 0 Å². The summed E-state index contributed by atoms with van der Waals surface area (Å²) in [6, 6.07) is 4.16. The molecule has 0 fully saturated rings. The molecule has 0 heterocycles. The summed E-state index contributed by atoms with van der Waals surface area (Å²) in [5, 5.41) is 17.2. The van der Waals surface area contributed by atoms with E-state index in [1.54, 1.807) is 0 Å². The van der Waals surface area contributed by atoms with Crippen LogP contribution in [-0.4, -0.2) is 16.6 Å². The predicted octanol–water partition coefficient (Wildman–Crippen LogP) is 2.94. The number of nitro groups is 1. The second kappa shape index (κ2) is 6.36. The van der Waals surface area contributed by atoms with Gasteiger partial charge in [0.2, 0.25) is 0 Å². The Kier molecular flexibility index (Phi) is 5.11. The van der Waals surface area contributed by atoms with Crippen molar-refractivity contribution in [3.05, 3.63) is 33.3 Å². The molecule has 0 saturated carbocycles. The molecular weight excluding hydrogens is 262 g/mol. The Bertz CT molecular complexity index is 440. The lowest BCUT2D eigenvalue weighted by Crippen LogP contribution is -2.29. The molecule has 2 N–H and O–H groups in total. The number of hydrogen-bond donors (Lipinski definition) is 2. The van der Waals surface area contributed by atoms with Crippen molar-refractivity contribution in [2.75, 3.05) is 11.9 Å². The number of nitrogens with one attached hydrogen (secondary N) is 2. The molecule has 0 aliphatic rings. The van der Waals surface area contributed by atoms with E-state index in [-0.39, 0.29) is 5.69 Å². The zero-order valence-electron chi connectivity index (χ0n) is 9.20. The van der Waals surface area contributed by atoms with E-state index in [2.05, 4.69) is 10.6 Å². The van der Waals surface area contributed by atoms with E-state index < -0.39 is 4.92 Å². The first kappa shape index (κ1) is 13.7. The third-order valence-corrected chi connectivity index (χ3v) is 2.52. The Balaban J connectivity index is 2.79. The van der Waals surface area contributed by atoms with Gasteiger partial charge in [-0.15, -0.1) is 0 Å². The molecule has 0 unspecified atom stereocenters. The number of hydrogen-bond acceptors (Lipinski definition) is 3. The van der Waals surface area contributed by atoms with Crippen molar-refractivity contribution in [3.63, 3.8) is 0 Å². The summed E-state index contributed by atoms with van der Waals surface area (Å²) in [5.74, 6) is 0. The molecule has 0 spiro atoms. The zero-order valence-corrected chi connectivity index (χ0v) is 10.8. The summed E-state index contributed by atoms with van der Waals surface area (Å²) < 4.78 is 0. The number of halogens is 1. The molecule has 92 valence electrons. The van der Waals surface area contributed by atoms with Crippen LogP contribution < -0.4 is 10.6 Å². The summed E-state index contributed by atoms with van der Waals surface area (Å²) in [6.45, 7) is 2.74. The Hall–Kier alpha value is -1.40. The lowest BCUT2D eigenvalue weighted by Gasteiger charge is -2.10. The second-order valence-corrected chi connectivity index (χ2v) is 4.12. The van der Waals surface area contributed by atoms with Crippen LogP contribution in [-0.2, 0) is 0 Å². The van der Waals surface area contributed by atoms with E-state index in [0.717, 1.165) is 13.0 Å². The van der Waals surface area contributed by atoms with Crippen LogP contribution in [0, 0.1) is 10.1 Å². The van der Waals surface area contributed by atoms with Crippen molar-refractivity contribution in [3.8, 4) is 0 Å². The van der Waals surface area contributed by atoms with Crippen LogP contribution in [0.5, 0.6) is 0 Å². The minimum atomic E-state index is -0.482. The van der Waals surface area contributed by atoms with Gasteiger partial charge in [-0.05, 0) is 24.7 Å². The quantitative estimate of drug-likeness (QED) is 0.502. The zero-order chi connectivity index (χ0) is 12.8. The molecule has 0 aliphatic heterocycles. The molecule has 1 aromatic rings. The molecule has 0 aliphatic carbocycles. The number of nitro benzene ring substituents is 1. The summed E-state index contributed by atoms with van der Waals surface area (Å²) >= 11 is 10.9. The van der Waals surface area contributed by atoms with Gasteiger partial charge in [0.1, 0.15) is 0 Å². The molecule has 0 radical (unpaired) electrons. The second-order valence-electron chi connectivity index (χ2n) is 3.30. The third-order valence-electron chi connectivity index (χ3n) is 1.94. The molecular formula is C10H12ClN3O2S. The number of nitrogens with zero attached hydrogens (tertiary/aromatic N) is 1. The Morgan fingerprint density at radius 1 is 1.59 bits per heavy atom. The number of benzene rings is 1. The van der Waals surface area contributed by atoms with E-state index in [0.29, 0.717) is 15.8 Å². The van der Waals surface area contributed by atoms with Crippen molar-refractivity contribution >= 4 is 40.3 Å². The summed E-state index contributed by atoms with van der Waals surface area (Å²) in [7, 11) is 0. The van der Waals surface area contributed by atoms with Gasteiger partial charge in [-0.2, -0.15) is 0 Å². The fourth-order valence-electron chi connectivity index (χ4n) is 1.13. The van der Waals surface area contributed by atoms with Crippen molar-refractivity contribution in [2.45, 2.75) is 13.3 Å². The predicted molar refractivity (Wildman–Crippen MR) is 72.6 cm³/mol. The van der Waals surface area contributed by atoms with E-state index in [4.69, 9.17) is 23.8 Å². The lowest BCUT2D eigenvalue weighted by molar-refractivity contribution is -0.384. The first-order valence-corrected chi connectivity index (χ1v) is 5.82. The number of non-ortho nitro benzene ring substituents is 1. The number of thiocarbonyl (C=S) groups is 1. The summed E-state index contributed by atoms with van der Waals surface area (Å²) in [6.07, 6.45) is 0.935. The molecule has 5 nitrogen and oxygen atoms in total. The molecule has 0 saturated heterocycles.